The van der Waals surface area contributed by atoms with Gasteiger partial charge in [-0.2, -0.15) is 0 Å². The summed E-state index contributed by atoms with van der Waals surface area (Å²) < 4.78 is 0. The Morgan fingerprint density at radius 1 is 0.303 bits per heavy atom. The lowest BCUT2D eigenvalue weighted by Crippen LogP contribution is -2.17. The van der Waals surface area contributed by atoms with Gasteiger partial charge < -0.3 is 0 Å². The summed E-state index contributed by atoms with van der Waals surface area (Å²) >= 11 is 0. The van der Waals surface area contributed by atoms with E-state index in [1.54, 1.807) is 5.57 Å². The summed E-state index contributed by atoms with van der Waals surface area (Å²) in [6.45, 7) is 9.49. The van der Waals surface area contributed by atoms with E-state index < -0.39 is 0 Å². The van der Waals surface area contributed by atoms with E-state index in [-0.39, 0.29) is 10.8 Å². The van der Waals surface area contributed by atoms with Crippen LogP contribution in [0.3, 0.4) is 0 Å². The summed E-state index contributed by atoms with van der Waals surface area (Å²) in [7, 11) is 0. The average Bonchev–Trinajstić information content (AvgIpc) is 3.97. The second-order valence-corrected chi connectivity index (χ2v) is 22.0. The fourth-order valence-corrected chi connectivity index (χ4v) is 12.7. The van der Waals surface area contributed by atoms with Crippen LogP contribution in [0.15, 0.2) is 248 Å². The molecule has 0 aliphatic heterocycles. The maximum Gasteiger partial charge on any atom is 0.0979 e. The summed E-state index contributed by atoms with van der Waals surface area (Å²) in [5, 5.41) is 0. The van der Waals surface area contributed by atoms with E-state index in [1.165, 1.54) is 83.5 Å². The van der Waals surface area contributed by atoms with Crippen LogP contribution in [-0.4, -0.2) is 9.97 Å². The van der Waals surface area contributed by atoms with Crippen LogP contribution in [0.1, 0.15) is 62.8 Å². The van der Waals surface area contributed by atoms with Gasteiger partial charge in [-0.1, -0.05) is 264 Å². The zero-order valence-corrected chi connectivity index (χ0v) is 43.4. The molecule has 14 rings (SSSR count). The van der Waals surface area contributed by atoms with E-state index in [9.17, 15) is 0 Å². The molecule has 0 unspecified atom stereocenters. The van der Waals surface area contributed by atoms with E-state index in [2.05, 4.69) is 270 Å². The molecule has 0 bridgehead atoms. The largest absolute Gasteiger partial charge is 0.243 e. The van der Waals surface area contributed by atoms with Gasteiger partial charge in [0.25, 0.3) is 0 Å². The minimum absolute atomic E-state index is 0.00185. The average molecular weight is 973 g/mol. The first-order valence-electron chi connectivity index (χ1n) is 26.8. The van der Waals surface area contributed by atoms with Crippen LogP contribution < -0.4 is 0 Å². The number of nitrogens with zero attached hydrogens (tertiary/aromatic N) is 2. The van der Waals surface area contributed by atoms with Crippen LogP contribution in [0.25, 0.3) is 117 Å². The van der Waals surface area contributed by atoms with E-state index in [4.69, 9.17) is 9.97 Å². The standard InChI is InChI=1S/C74H56N2/c1-73(2)65-21-13-11-19-61(65)63-41-39-57(45-67(63)73)51-27-35-55(36-28-51)69-70(56-37-29-52(30-38-56)58-40-42-64-62-20-12-14-22-66(62)74(3,4)68(64)46-58)76-72-60(54-33-25-50(26-34-54)48-17-9-6-10-18-48)44-43-59(71(72)75-69)53-31-23-49(24-32-53)47-15-7-5-8-16-47/h5-13,15-21,23-46H,14,22H2,1-4H3. The van der Waals surface area contributed by atoms with E-state index in [1.807, 2.05) is 0 Å². The smallest absolute Gasteiger partial charge is 0.0979 e. The number of fused-ring (bicyclic) bond motifs is 6. The highest BCUT2D eigenvalue weighted by atomic mass is 14.8. The van der Waals surface area contributed by atoms with Crippen molar-refractivity contribution < 1.29 is 0 Å². The molecule has 3 aliphatic rings. The fraction of sp³-hybridized carbons (Fsp3) is 0.108. The monoisotopic (exact) mass is 972 g/mol. The van der Waals surface area contributed by atoms with Crippen LogP contribution >= 0.6 is 0 Å². The van der Waals surface area contributed by atoms with E-state index in [0.29, 0.717) is 0 Å². The Morgan fingerprint density at radius 3 is 1.18 bits per heavy atom. The molecule has 0 N–H and O–H groups in total. The Balaban J connectivity index is 0.923. The molecule has 76 heavy (non-hydrogen) atoms. The van der Waals surface area contributed by atoms with Crippen LogP contribution in [0.5, 0.6) is 0 Å². The van der Waals surface area contributed by atoms with Crippen molar-refractivity contribution >= 4 is 16.6 Å². The van der Waals surface area contributed by atoms with Crippen LogP contribution in [0.2, 0.25) is 0 Å². The summed E-state index contributed by atoms with van der Waals surface area (Å²) in [4.78, 5) is 11.6. The third-order valence-corrected chi connectivity index (χ3v) is 16.9. The first kappa shape index (κ1) is 45.6. The third kappa shape index (κ3) is 7.54. The topological polar surface area (TPSA) is 25.8 Å². The van der Waals surface area contributed by atoms with Gasteiger partial charge in [0.15, 0.2) is 0 Å². The van der Waals surface area contributed by atoms with Crippen molar-refractivity contribution in [1.82, 2.24) is 9.97 Å². The lowest BCUT2D eigenvalue weighted by atomic mass is 9.78. The normalized spacial score (nSPS) is 14.6. The lowest BCUT2D eigenvalue weighted by Gasteiger charge is -2.26. The van der Waals surface area contributed by atoms with Gasteiger partial charge >= 0.3 is 0 Å². The van der Waals surface area contributed by atoms with Crippen molar-refractivity contribution in [1.29, 1.82) is 0 Å². The number of rotatable bonds is 8. The second kappa shape index (κ2) is 17.9. The highest BCUT2D eigenvalue weighted by Gasteiger charge is 2.38. The summed E-state index contributed by atoms with van der Waals surface area (Å²) in [6.07, 6.45) is 6.92. The SMILES string of the molecule is CC1(C)C2=C(C=CCC2)c2ccc(-c3ccc(-c4nc5c(-c6ccc(-c7ccccc7)cc6)ccc(-c6ccc(-c7ccccc7)cc6)c5nc4-c4ccc(-c5ccc6c(c5)C(C)(C)c5ccccc5-6)cc4)cc3)cc21. The molecule has 362 valence electrons. The molecular formula is C74H56N2. The predicted octanol–water partition coefficient (Wildman–Crippen LogP) is 19.7. The first-order valence-corrected chi connectivity index (χ1v) is 26.8. The summed E-state index contributed by atoms with van der Waals surface area (Å²) in [5.41, 5.74) is 30.4. The molecule has 3 aliphatic carbocycles. The van der Waals surface area contributed by atoms with Crippen molar-refractivity contribution in [2.24, 2.45) is 0 Å². The molecular weight excluding hydrogens is 917 g/mol. The molecule has 10 aromatic carbocycles. The number of allylic oxidation sites excluding steroid dienone is 4. The molecule has 0 saturated heterocycles. The molecule has 11 aromatic rings. The zero-order valence-electron chi connectivity index (χ0n) is 43.4. The van der Waals surface area contributed by atoms with Crippen molar-refractivity contribution in [2.45, 2.75) is 51.4 Å². The van der Waals surface area contributed by atoms with Crippen LogP contribution in [0.4, 0.5) is 0 Å². The Labute approximate surface area is 446 Å². The van der Waals surface area contributed by atoms with Crippen molar-refractivity contribution in [3.05, 3.63) is 271 Å². The van der Waals surface area contributed by atoms with Gasteiger partial charge in [-0.05, 0) is 120 Å². The second-order valence-electron chi connectivity index (χ2n) is 22.0. The van der Waals surface area contributed by atoms with Gasteiger partial charge in [0.1, 0.15) is 0 Å². The van der Waals surface area contributed by atoms with Crippen LogP contribution in [0, 0.1) is 0 Å². The number of hydrogen-bond acceptors (Lipinski definition) is 2. The molecule has 0 spiro atoms. The van der Waals surface area contributed by atoms with Crippen LogP contribution in [-0.2, 0) is 10.8 Å². The highest BCUT2D eigenvalue weighted by molar-refractivity contribution is 6.03. The Morgan fingerprint density at radius 2 is 0.671 bits per heavy atom. The zero-order chi connectivity index (χ0) is 51.1. The van der Waals surface area contributed by atoms with Crippen molar-refractivity contribution in [3.63, 3.8) is 0 Å². The summed E-state index contributed by atoms with van der Waals surface area (Å²) in [5.74, 6) is 0. The summed E-state index contributed by atoms with van der Waals surface area (Å²) in [6, 6.07) is 84.4. The van der Waals surface area contributed by atoms with E-state index in [0.717, 1.165) is 68.6 Å². The molecule has 2 heteroatoms. The molecule has 0 saturated carbocycles. The van der Waals surface area contributed by atoms with Gasteiger partial charge in [0, 0.05) is 33.1 Å². The van der Waals surface area contributed by atoms with Gasteiger partial charge in [0.05, 0.1) is 22.4 Å². The third-order valence-electron chi connectivity index (χ3n) is 16.9. The minimum atomic E-state index is -0.0826. The Kier molecular flexibility index (Phi) is 10.7. The molecule has 0 radical (unpaired) electrons. The van der Waals surface area contributed by atoms with Gasteiger partial charge in [-0.25, -0.2) is 9.97 Å². The van der Waals surface area contributed by atoms with Gasteiger partial charge in [-0.15, -0.1) is 0 Å². The first-order chi connectivity index (χ1) is 37.2. The highest BCUT2D eigenvalue weighted by Crippen LogP contribution is 2.52. The van der Waals surface area contributed by atoms with Gasteiger partial charge in [0.2, 0.25) is 0 Å². The number of aromatic nitrogens is 2. The maximum atomic E-state index is 5.82. The fourth-order valence-electron chi connectivity index (χ4n) is 12.7. The lowest BCUT2D eigenvalue weighted by molar-refractivity contribution is 0.607. The Bertz CT molecular complexity index is 4140. The Hall–Kier alpha value is -8.98. The predicted molar refractivity (Wildman–Crippen MR) is 319 cm³/mol. The number of hydrogen-bond donors (Lipinski definition) is 0. The minimum Gasteiger partial charge on any atom is -0.243 e. The quantitative estimate of drug-likeness (QED) is 0.152. The maximum absolute atomic E-state index is 5.82. The molecule has 2 nitrogen and oxygen atoms in total. The van der Waals surface area contributed by atoms with Gasteiger partial charge in [-0.3, -0.25) is 0 Å². The van der Waals surface area contributed by atoms with E-state index >= 15 is 0 Å². The van der Waals surface area contributed by atoms with Crippen molar-refractivity contribution in [2.75, 3.05) is 0 Å². The number of benzene rings is 10. The molecule has 0 atom stereocenters. The molecule has 0 amide bonds. The van der Waals surface area contributed by atoms with Crippen molar-refractivity contribution in [3.8, 4) is 100 Å². The molecule has 1 aromatic heterocycles. The molecule has 0 fully saturated rings. The molecule has 1 heterocycles.